The van der Waals surface area contributed by atoms with Gasteiger partial charge < -0.3 is 19.6 Å². The zero-order valence-electron chi connectivity index (χ0n) is 9.24. The van der Waals surface area contributed by atoms with Crippen molar-refractivity contribution < 1.29 is 28.7 Å². The van der Waals surface area contributed by atoms with Crippen LogP contribution in [0.4, 0.5) is 0 Å². The summed E-state index contributed by atoms with van der Waals surface area (Å²) in [6, 6.07) is 0. The Morgan fingerprint density at radius 3 is 1.94 bits per heavy atom. The molecule has 10 heteroatoms. The van der Waals surface area contributed by atoms with E-state index in [-0.39, 0.29) is 19.0 Å². The Labute approximate surface area is 99.1 Å². The highest BCUT2D eigenvalue weighted by Crippen LogP contribution is 2.50. The van der Waals surface area contributed by atoms with Gasteiger partial charge in [-0.05, 0) is 19.3 Å². The number of nitrogens with one attached hydrogen (secondary N) is 2. The van der Waals surface area contributed by atoms with Gasteiger partial charge in [0.05, 0.1) is 0 Å². The molecule has 1 heterocycles. The molecule has 0 saturated carbocycles. The number of unbranched alkanes of at least 4 members (excludes halogenated alkanes) is 1. The van der Waals surface area contributed by atoms with E-state index in [0.29, 0.717) is 19.5 Å². The van der Waals surface area contributed by atoms with E-state index >= 15 is 0 Å². The van der Waals surface area contributed by atoms with E-state index in [1.54, 1.807) is 0 Å². The summed E-state index contributed by atoms with van der Waals surface area (Å²) in [5.41, 5.74) is 0. The number of hydrogen-bond acceptors (Lipinski definition) is 4. The van der Waals surface area contributed by atoms with E-state index in [1.807, 2.05) is 0 Å². The fourth-order valence-electron chi connectivity index (χ4n) is 1.83. The summed E-state index contributed by atoms with van der Waals surface area (Å²) in [4.78, 5) is 35.8. The quantitative estimate of drug-likeness (QED) is 0.280. The molecule has 0 spiro atoms. The average molecular weight is 288 g/mol. The van der Waals surface area contributed by atoms with E-state index in [1.165, 1.54) is 0 Å². The smallest absolute Gasteiger partial charge is 0.324 e. The first-order valence-electron chi connectivity index (χ1n) is 5.27. The molecule has 8 nitrogen and oxygen atoms in total. The van der Waals surface area contributed by atoms with Crippen LogP contribution in [0.1, 0.15) is 19.3 Å². The Morgan fingerprint density at radius 2 is 1.53 bits per heavy atom. The van der Waals surface area contributed by atoms with E-state index in [9.17, 15) is 18.9 Å². The molecule has 1 aliphatic rings. The van der Waals surface area contributed by atoms with Crippen LogP contribution in [0.5, 0.6) is 0 Å². The molecule has 0 aromatic carbocycles. The molecule has 0 radical (unpaired) electrons. The molecule has 0 aliphatic carbocycles. The van der Waals surface area contributed by atoms with Gasteiger partial charge in [0, 0.05) is 19.3 Å². The van der Waals surface area contributed by atoms with Crippen molar-refractivity contribution in [1.82, 2.24) is 10.6 Å². The average Bonchev–Trinajstić information content (AvgIpc) is 2.59. The molecule has 0 aromatic heterocycles. The van der Waals surface area contributed by atoms with Gasteiger partial charge in [0.2, 0.25) is 0 Å². The summed E-state index contributed by atoms with van der Waals surface area (Å²) in [6.45, 7) is 0.924. The fraction of sp³-hybridized carbons (Fsp3) is 1.00. The van der Waals surface area contributed by atoms with Crippen molar-refractivity contribution in [2.75, 3.05) is 19.3 Å². The van der Waals surface area contributed by atoms with E-state index in [4.69, 9.17) is 9.79 Å². The van der Waals surface area contributed by atoms with E-state index in [0.717, 1.165) is 0 Å². The first-order chi connectivity index (χ1) is 7.66. The largest absolute Gasteiger partial charge is 0.359 e. The van der Waals surface area contributed by atoms with Crippen molar-refractivity contribution in [2.45, 2.75) is 24.7 Å². The Kier molecular flexibility index (Phi) is 4.91. The minimum Gasteiger partial charge on any atom is -0.324 e. The molecule has 1 rings (SSSR count). The summed E-state index contributed by atoms with van der Waals surface area (Å²) in [7, 11) is -8.37. The zero-order chi connectivity index (χ0) is 13.2. The van der Waals surface area contributed by atoms with E-state index < -0.39 is 20.6 Å². The predicted octanol–water partition coefficient (Wildman–Crippen LogP) is -0.641. The van der Waals surface area contributed by atoms with Gasteiger partial charge in [-0.2, -0.15) is 0 Å². The first-order valence-corrected chi connectivity index (χ1v) is 8.68. The van der Waals surface area contributed by atoms with Crippen molar-refractivity contribution in [3.05, 3.63) is 0 Å². The summed E-state index contributed by atoms with van der Waals surface area (Å²) < 4.78 is 22.0. The topological polar surface area (TPSA) is 139 Å². The van der Waals surface area contributed by atoms with Crippen molar-refractivity contribution in [3.8, 4) is 0 Å². The molecular formula is C7H18N2O6P2. The highest BCUT2D eigenvalue weighted by atomic mass is 31.2. The van der Waals surface area contributed by atoms with Crippen molar-refractivity contribution in [1.29, 1.82) is 0 Å². The second-order valence-corrected chi connectivity index (χ2v) is 7.73. The van der Waals surface area contributed by atoms with Crippen LogP contribution in [-0.2, 0) is 9.13 Å². The van der Waals surface area contributed by atoms with Gasteiger partial charge in [-0.25, -0.2) is 0 Å². The summed E-state index contributed by atoms with van der Waals surface area (Å²) in [5.74, 6) is 0. The van der Waals surface area contributed by atoms with Crippen LogP contribution in [0, 0.1) is 0 Å². The highest BCUT2D eigenvalue weighted by molar-refractivity contribution is 7.53. The molecule has 1 aliphatic heterocycles. The number of rotatable bonds is 6. The monoisotopic (exact) mass is 288 g/mol. The van der Waals surface area contributed by atoms with Crippen molar-refractivity contribution in [2.24, 2.45) is 0 Å². The Morgan fingerprint density at radius 1 is 1.00 bits per heavy atom. The van der Waals surface area contributed by atoms with Crippen molar-refractivity contribution in [3.63, 3.8) is 0 Å². The van der Waals surface area contributed by atoms with Gasteiger partial charge in [-0.15, -0.1) is 0 Å². The van der Waals surface area contributed by atoms with Gasteiger partial charge in [0.25, 0.3) is 0 Å². The van der Waals surface area contributed by atoms with Crippen LogP contribution < -0.4 is 10.6 Å². The second kappa shape index (κ2) is 5.47. The minimum absolute atomic E-state index is 0.136. The lowest BCUT2D eigenvalue weighted by molar-refractivity contribution is 0.283. The fourth-order valence-corrected chi connectivity index (χ4v) is 3.55. The molecular weight excluding hydrogens is 270 g/mol. The lowest BCUT2D eigenvalue weighted by Gasteiger charge is -2.30. The maximum atomic E-state index is 11.4. The summed E-state index contributed by atoms with van der Waals surface area (Å²) in [5, 5.41) is 4.05. The molecule has 102 valence electrons. The van der Waals surface area contributed by atoms with Crippen LogP contribution in [-0.4, -0.2) is 44.2 Å². The van der Waals surface area contributed by atoms with Crippen LogP contribution in [0.15, 0.2) is 0 Å². The third-order valence-electron chi connectivity index (χ3n) is 2.70. The standard InChI is InChI=1S/C7H18N2O6P2/c10-16(11,12)6-2-1-3-7(17(13,14)15)8-4-5-9-7/h8-9H,1-6H2,(H2,10,11,12)(H2,13,14,15). The second-order valence-electron chi connectivity index (χ2n) is 4.10. The summed E-state index contributed by atoms with van der Waals surface area (Å²) >= 11 is 0. The maximum absolute atomic E-state index is 11.4. The molecule has 6 N–H and O–H groups in total. The van der Waals surface area contributed by atoms with Crippen LogP contribution in [0.25, 0.3) is 0 Å². The zero-order valence-corrected chi connectivity index (χ0v) is 11.0. The van der Waals surface area contributed by atoms with Gasteiger partial charge in [-0.3, -0.25) is 19.8 Å². The van der Waals surface area contributed by atoms with E-state index in [2.05, 4.69) is 10.6 Å². The molecule has 0 aromatic rings. The Bertz CT molecular complexity index is 344. The molecule has 1 saturated heterocycles. The van der Waals surface area contributed by atoms with Gasteiger partial charge in [0.15, 0.2) is 5.40 Å². The third kappa shape index (κ3) is 4.43. The Hall–Kier alpha value is 0.220. The normalized spacial score (nSPS) is 20.7. The molecule has 17 heavy (non-hydrogen) atoms. The highest BCUT2D eigenvalue weighted by Gasteiger charge is 2.48. The molecule has 0 amide bonds. The molecule has 0 bridgehead atoms. The van der Waals surface area contributed by atoms with Crippen molar-refractivity contribution >= 4 is 15.2 Å². The SMILES string of the molecule is O=P(O)(O)CCCCC1(P(=O)(O)O)NCCN1. The van der Waals surface area contributed by atoms with Crippen LogP contribution >= 0.6 is 15.2 Å². The third-order valence-corrected chi connectivity index (χ3v) is 5.13. The Balaban J connectivity index is 2.47. The van der Waals surface area contributed by atoms with Gasteiger partial charge in [-0.1, -0.05) is 0 Å². The summed E-state index contributed by atoms with van der Waals surface area (Å²) in [6.07, 6.45) is 0.438. The molecule has 1 fully saturated rings. The first kappa shape index (κ1) is 15.3. The lowest BCUT2D eigenvalue weighted by atomic mass is 10.2. The predicted molar refractivity (Wildman–Crippen MR) is 61.5 cm³/mol. The molecule has 0 atom stereocenters. The van der Waals surface area contributed by atoms with Crippen LogP contribution in [0.3, 0.4) is 0 Å². The van der Waals surface area contributed by atoms with Gasteiger partial charge in [0.1, 0.15) is 0 Å². The maximum Gasteiger partial charge on any atom is 0.359 e. The molecule has 0 unspecified atom stereocenters. The minimum atomic E-state index is -4.34. The van der Waals surface area contributed by atoms with Gasteiger partial charge >= 0.3 is 15.2 Å². The lowest BCUT2D eigenvalue weighted by Crippen LogP contribution is -2.48. The number of hydrogen-bond donors (Lipinski definition) is 6. The van der Waals surface area contributed by atoms with Crippen LogP contribution in [0.2, 0.25) is 0 Å².